The van der Waals surface area contributed by atoms with Gasteiger partial charge in [-0.05, 0) is 30.4 Å². The first-order valence-corrected chi connectivity index (χ1v) is 8.57. The smallest absolute Gasteiger partial charge is 0.0423 e. The van der Waals surface area contributed by atoms with Gasteiger partial charge < -0.3 is 4.90 Å². The van der Waals surface area contributed by atoms with Crippen LogP contribution in [-0.4, -0.2) is 18.5 Å². The highest BCUT2D eigenvalue weighted by Gasteiger charge is 2.10. The maximum atomic E-state index is 4.27. The van der Waals surface area contributed by atoms with Crippen molar-refractivity contribution in [2.24, 2.45) is 5.92 Å². The minimum atomic E-state index is 0.716. The van der Waals surface area contributed by atoms with E-state index in [-0.39, 0.29) is 0 Å². The summed E-state index contributed by atoms with van der Waals surface area (Å²) in [5.41, 5.74) is 4.89. The first-order valence-electron chi connectivity index (χ1n) is 8.57. The zero-order chi connectivity index (χ0) is 16.5. The van der Waals surface area contributed by atoms with E-state index in [0.717, 1.165) is 18.5 Å². The topological polar surface area (TPSA) is 3.24 Å². The monoisotopic (exact) mass is 299 g/mol. The molecule has 1 aromatic carbocycles. The molecule has 1 atom stereocenters. The van der Waals surface area contributed by atoms with E-state index in [0.29, 0.717) is 5.92 Å². The number of hydrogen-bond acceptors (Lipinski definition) is 1. The van der Waals surface area contributed by atoms with E-state index < -0.39 is 0 Å². The van der Waals surface area contributed by atoms with Crippen LogP contribution >= 0.6 is 0 Å². The number of aryl methyl sites for hydroxylation is 1. The van der Waals surface area contributed by atoms with E-state index in [1.54, 1.807) is 0 Å². The molecule has 0 radical (unpaired) electrons. The molecular formula is C21H33N. The predicted molar refractivity (Wildman–Crippen MR) is 99.9 cm³/mol. The molecule has 0 aliphatic rings. The summed E-state index contributed by atoms with van der Waals surface area (Å²) in [7, 11) is 2.13. The molecule has 22 heavy (non-hydrogen) atoms. The molecule has 1 rings (SSSR count). The molecule has 1 nitrogen and oxygen atoms in total. The molecule has 0 amide bonds. The Morgan fingerprint density at radius 3 is 2.59 bits per heavy atom. The zero-order valence-corrected chi connectivity index (χ0v) is 15.0. The van der Waals surface area contributed by atoms with Crippen LogP contribution in [-0.2, 0) is 0 Å². The lowest BCUT2D eigenvalue weighted by Crippen LogP contribution is -2.20. The van der Waals surface area contributed by atoms with Crippen LogP contribution in [0.2, 0.25) is 0 Å². The largest absolute Gasteiger partial charge is 0.374 e. The summed E-state index contributed by atoms with van der Waals surface area (Å²) in [5, 5.41) is 0. The second kappa shape index (κ2) is 9.50. The summed E-state index contributed by atoms with van der Waals surface area (Å²) < 4.78 is 0. The van der Waals surface area contributed by atoms with Gasteiger partial charge in [-0.15, -0.1) is 0 Å². The third-order valence-electron chi connectivity index (χ3n) is 4.28. The Labute approximate surface area is 137 Å². The van der Waals surface area contributed by atoms with Gasteiger partial charge in [-0.1, -0.05) is 82.5 Å². The lowest BCUT2D eigenvalue weighted by atomic mass is 9.98. The Bertz CT molecular complexity index is 486. The fraction of sp³-hybridized carbons (Fsp3) is 0.524. The molecule has 1 aromatic rings. The number of benzene rings is 1. The van der Waals surface area contributed by atoms with Crippen molar-refractivity contribution in [1.82, 2.24) is 4.90 Å². The molecule has 0 aliphatic carbocycles. The number of rotatable bonds is 10. The molecular weight excluding hydrogens is 266 g/mol. The van der Waals surface area contributed by atoms with Crippen molar-refractivity contribution in [3.63, 3.8) is 0 Å². The van der Waals surface area contributed by atoms with Crippen LogP contribution in [0, 0.1) is 12.8 Å². The van der Waals surface area contributed by atoms with Gasteiger partial charge in [0, 0.05) is 19.3 Å². The standard InChI is InChI=1S/C21H33N/c1-7-8-9-11-17(2)14-20(5)22(6)16-19(4)21-13-10-12-18(3)15-21/h10,12-13,15,17H,4-5,7-9,11,14,16H2,1-3,6H3. The summed E-state index contributed by atoms with van der Waals surface area (Å²) in [6, 6.07) is 8.56. The highest BCUT2D eigenvalue weighted by atomic mass is 15.1. The van der Waals surface area contributed by atoms with Gasteiger partial charge in [0.2, 0.25) is 0 Å². The minimum Gasteiger partial charge on any atom is -0.374 e. The lowest BCUT2D eigenvalue weighted by molar-refractivity contribution is 0.398. The third kappa shape index (κ3) is 6.51. The maximum absolute atomic E-state index is 4.27. The number of likely N-dealkylation sites (N-methyl/N-ethyl adjacent to an activating group) is 1. The molecule has 122 valence electrons. The summed E-state index contributed by atoms with van der Waals surface area (Å²) in [4.78, 5) is 2.25. The van der Waals surface area contributed by atoms with E-state index >= 15 is 0 Å². The molecule has 0 N–H and O–H groups in total. The van der Waals surface area contributed by atoms with Gasteiger partial charge in [0.15, 0.2) is 0 Å². The molecule has 0 aliphatic heterocycles. The molecule has 0 bridgehead atoms. The Kier molecular flexibility index (Phi) is 8.01. The normalized spacial score (nSPS) is 12.0. The molecule has 0 spiro atoms. The molecule has 0 fully saturated rings. The van der Waals surface area contributed by atoms with Crippen LogP contribution < -0.4 is 0 Å². The molecule has 0 aromatic heterocycles. The Hall–Kier alpha value is -1.50. The minimum absolute atomic E-state index is 0.716. The Balaban J connectivity index is 2.45. The van der Waals surface area contributed by atoms with Crippen LogP contribution in [0.5, 0.6) is 0 Å². The highest BCUT2D eigenvalue weighted by Crippen LogP contribution is 2.21. The summed E-state index contributed by atoms with van der Waals surface area (Å²) >= 11 is 0. The Morgan fingerprint density at radius 2 is 1.95 bits per heavy atom. The van der Waals surface area contributed by atoms with E-state index in [2.05, 4.69) is 70.1 Å². The highest BCUT2D eigenvalue weighted by molar-refractivity contribution is 5.65. The van der Waals surface area contributed by atoms with Gasteiger partial charge in [0.25, 0.3) is 0 Å². The number of allylic oxidation sites excluding steroid dienone is 1. The maximum Gasteiger partial charge on any atom is 0.0423 e. The third-order valence-corrected chi connectivity index (χ3v) is 4.28. The van der Waals surface area contributed by atoms with Gasteiger partial charge in [-0.2, -0.15) is 0 Å². The van der Waals surface area contributed by atoms with Crippen molar-refractivity contribution in [3.8, 4) is 0 Å². The first-order chi connectivity index (χ1) is 10.4. The zero-order valence-electron chi connectivity index (χ0n) is 15.0. The molecule has 1 heteroatoms. The SMILES string of the molecule is C=C(CN(C)C(=C)CC(C)CCCCC)c1cccc(C)c1. The predicted octanol–water partition coefficient (Wildman–Crippen LogP) is 6.06. The average Bonchev–Trinajstić information content (AvgIpc) is 2.47. The fourth-order valence-electron chi connectivity index (χ4n) is 2.76. The van der Waals surface area contributed by atoms with Crippen LogP contribution in [0.4, 0.5) is 0 Å². The van der Waals surface area contributed by atoms with Crippen molar-refractivity contribution in [3.05, 3.63) is 54.2 Å². The molecule has 1 unspecified atom stereocenters. The second-order valence-electron chi connectivity index (χ2n) is 6.70. The van der Waals surface area contributed by atoms with Gasteiger partial charge in [0.1, 0.15) is 0 Å². The van der Waals surface area contributed by atoms with Crippen molar-refractivity contribution in [2.75, 3.05) is 13.6 Å². The van der Waals surface area contributed by atoms with Gasteiger partial charge in [-0.3, -0.25) is 0 Å². The van der Waals surface area contributed by atoms with E-state index in [1.807, 2.05) is 0 Å². The van der Waals surface area contributed by atoms with Gasteiger partial charge >= 0.3 is 0 Å². The number of unbranched alkanes of at least 4 members (excludes halogenated alkanes) is 2. The number of hydrogen-bond donors (Lipinski definition) is 0. The van der Waals surface area contributed by atoms with Crippen molar-refractivity contribution in [1.29, 1.82) is 0 Å². The first kappa shape index (κ1) is 18.5. The van der Waals surface area contributed by atoms with Gasteiger partial charge in [-0.25, -0.2) is 0 Å². The quantitative estimate of drug-likeness (QED) is 0.475. The molecule has 0 heterocycles. The van der Waals surface area contributed by atoms with Crippen molar-refractivity contribution < 1.29 is 0 Å². The van der Waals surface area contributed by atoms with E-state index in [1.165, 1.54) is 42.5 Å². The number of nitrogens with zero attached hydrogens (tertiary/aromatic N) is 1. The fourth-order valence-corrected chi connectivity index (χ4v) is 2.76. The summed E-state index contributed by atoms with van der Waals surface area (Å²) in [6.45, 7) is 16.1. The van der Waals surface area contributed by atoms with Crippen LogP contribution in [0.3, 0.4) is 0 Å². The van der Waals surface area contributed by atoms with Crippen LogP contribution in [0.25, 0.3) is 5.57 Å². The molecule has 0 saturated heterocycles. The summed E-state index contributed by atoms with van der Waals surface area (Å²) in [6.07, 6.45) is 6.37. The average molecular weight is 300 g/mol. The van der Waals surface area contributed by atoms with E-state index in [4.69, 9.17) is 0 Å². The lowest BCUT2D eigenvalue weighted by Gasteiger charge is -2.25. The van der Waals surface area contributed by atoms with Gasteiger partial charge in [0.05, 0.1) is 0 Å². The van der Waals surface area contributed by atoms with Crippen molar-refractivity contribution in [2.45, 2.75) is 52.9 Å². The molecule has 0 saturated carbocycles. The van der Waals surface area contributed by atoms with Crippen LogP contribution in [0.15, 0.2) is 43.1 Å². The Morgan fingerprint density at radius 1 is 1.23 bits per heavy atom. The van der Waals surface area contributed by atoms with Crippen molar-refractivity contribution >= 4 is 5.57 Å². The van der Waals surface area contributed by atoms with Crippen LogP contribution in [0.1, 0.15) is 57.1 Å². The van der Waals surface area contributed by atoms with E-state index in [9.17, 15) is 0 Å². The summed E-state index contributed by atoms with van der Waals surface area (Å²) in [5.74, 6) is 0.716. The second-order valence-corrected chi connectivity index (χ2v) is 6.70.